The van der Waals surface area contributed by atoms with Gasteiger partial charge in [0.05, 0.1) is 0 Å². The zero-order valence-electron chi connectivity index (χ0n) is 17.5. The summed E-state index contributed by atoms with van der Waals surface area (Å²) < 4.78 is 0. The number of nitrogens with zero attached hydrogens (tertiary/aromatic N) is 2. The predicted octanol–water partition coefficient (Wildman–Crippen LogP) is 3.37. The second-order valence-corrected chi connectivity index (χ2v) is 8.09. The fourth-order valence-electron chi connectivity index (χ4n) is 4.11. The normalized spacial score (nSPS) is 17.0. The maximum absolute atomic E-state index is 12.5. The standard InChI is InChI=1S/C24H28N4O3/c29-22-7-4-14-28(22)21-10-8-18(9-11-21)17-25-24(31)27-15-12-19(13-16-27)23(30)26-20-5-2-1-3-6-20/h1-3,5-6,8-11,19H,4,7,12-17H2,(H,25,31)(H,26,30). The van der Waals surface area contributed by atoms with Crippen LogP contribution in [0.4, 0.5) is 16.2 Å². The molecule has 0 bridgehead atoms. The van der Waals surface area contributed by atoms with Gasteiger partial charge in [-0.15, -0.1) is 0 Å². The van der Waals surface area contributed by atoms with Crippen molar-refractivity contribution in [2.24, 2.45) is 5.92 Å². The minimum absolute atomic E-state index is 0.0165. The summed E-state index contributed by atoms with van der Waals surface area (Å²) in [5, 5.41) is 5.90. The first-order valence-corrected chi connectivity index (χ1v) is 10.9. The van der Waals surface area contributed by atoms with Crippen molar-refractivity contribution < 1.29 is 14.4 Å². The van der Waals surface area contributed by atoms with E-state index in [1.165, 1.54) is 0 Å². The van der Waals surface area contributed by atoms with Crippen LogP contribution in [0.25, 0.3) is 0 Å². The summed E-state index contributed by atoms with van der Waals surface area (Å²) in [5.41, 5.74) is 2.70. The molecule has 7 heteroatoms. The Kier molecular flexibility index (Phi) is 6.50. The highest BCUT2D eigenvalue weighted by Crippen LogP contribution is 2.22. The van der Waals surface area contributed by atoms with Crippen molar-refractivity contribution in [2.75, 3.05) is 29.9 Å². The molecule has 2 aromatic carbocycles. The highest BCUT2D eigenvalue weighted by Gasteiger charge is 2.27. The third kappa shape index (κ3) is 5.23. The zero-order valence-corrected chi connectivity index (χ0v) is 17.5. The summed E-state index contributed by atoms with van der Waals surface area (Å²) >= 11 is 0. The Balaban J connectivity index is 1.21. The molecular formula is C24H28N4O3. The van der Waals surface area contributed by atoms with Gasteiger partial charge in [-0.2, -0.15) is 0 Å². The van der Waals surface area contributed by atoms with Crippen LogP contribution in [0.3, 0.4) is 0 Å². The Hall–Kier alpha value is -3.35. The van der Waals surface area contributed by atoms with Gasteiger partial charge in [0.1, 0.15) is 0 Å². The number of anilines is 2. The molecule has 0 atom stereocenters. The lowest BCUT2D eigenvalue weighted by Crippen LogP contribution is -2.45. The molecule has 0 radical (unpaired) electrons. The van der Waals surface area contributed by atoms with Gasteiger partial charge in [-0.25, -0.2) is 4.79 Å². The zero-order chi connectivity index (χ0) is 21.6. The first kappa shape index (κ1) is 20.9. The summed E-state index contributed by atoms with van der Waals surface area (Å²) in [6, 6.07) is 17.1. The van der Waals surface area contributed by atoms with E-state index in [1.807, 2.05) is 54.6 Å². The summed E-state index contributed by atoms with van der Waals surface area (Å²) in [6.45, 7) is 2.33. The van der Waals surface area contributed by atoms with Crippen LogP contribution in [0, 0.1) is 5.92 Å². The van der Waals surface area contributed by atoms with Crippen LogP contribution in [0.2, 0.25) is 0 Å². The number of nitrogens with one attached hydrogen (secondary N) is 2. The average molecular weight is 421 g/mol. The lowest BCUT2D eigenvalue weighted by atomic mass is 9.96. The predicted molar refractivity (Wildman–Crippen MR) is 120 cm³/mol. The summed E-state index contributed by atoms with van der Waals surface area (Å²) in [5.74, 6) is 0.106. The van der Waals surface area contributed by atoms with Crippen molar-refractivity contribution in [3.63, 3.8) is 0 Å². The van der Waals surface area contributed by atoms with E-state index in [0.29, 0.717) is 38.9 Å². The highest BCUT2D eigenvalue weighted by molar-refractivity contribution is 5.95. The van der Waals surface area contributed by atoms with E-state index in [0.717, 1.165) is 29.9 Å². The smallest absolute Gasteiger partial charge is 0.317 e. The first-order chi connectivity index (χ1) is 15.1. The molecule has 2 fully saturated rings. The molecule has 0 saturated carbocycles. The van der Waals surface area contributed by atoms with Gasteiger partial charge < -0.3 is 20.4 Å². The molecule has 2 heterocycles. The van der Waals surface area contributed by atoms with Crippen LogP contribution in [0.5, 0.6) is 0 Å². The Morgan fingerprint density at radius 1 is 0.935 bits per heavy atom. The molecule has 0 spiro atoms. The van der Waals surface area contributed by atoms with Gasteiger partial charge in [-0.05, 0) is 49.1 Å². The van der Waals surface area contributed by atoms with Crippen LogP contribution in [-0.4, -0.2) is 42.4 Å². The number of amides is 4. The van der Waals surface area contributed by atoms with E-state index >= 15 is 0 Å². The maximum Gasteiger partial charge on any atom is 0.317 e. The van der Waals surface area contributed by atoms with Gasteiger partial charge in [0.2, 0.25) is 11.8 Å². The van der Waals surface area contributed by atoms with Gasteiger partial charge >= 0.3 is 6.03 Å². The Morgan fingerprint density at radius 2 is 1.65 bits per heavy atom. The number of carbonyl (C=O) groups is 3. The molecule has 31 heavy (non-hydrogen) atoms. The molecule has 0 aromatic heterocycles. The molecule has 0 aliphatic carbocycles. The van der Waals surface area contributed by atoms with Crippen LogP contribution in [-0.2, 0) is 16.1 Å². The quantitative estimate of drug-likeness (QED) is 0.778. The van der Waals surface area contributed by atoms with Crippen LogP contribution in [0.15, 0.2) is 54.6 Å². The molecule has 2 saturated heterocycles. The van der Waals surface area contributed by atoms with Crippen molar-refractivity contribution in [3.8, 4) is 0 Å². The van der Waals surface area contributed by atoms with Crippen LogP contribution >= 0.6 is 0 Å². The summed E-state index contributed by atoms with van der Waals surface area (Å²) in [6.07, 6.45) is 2.83. The highest BCUT2D eigenvalue weighted by atomic mass is 16.2. The molecular weight excluding hydrogens is 392 g/mol. The summed E-state index contributed by atoms with van der Waals surface area (Å²) in [7, 11) is 0. The average Bonchev–Trinajstić information content (AvgIpc) is 3.24. The van der Waals surface area contributed by atoms with Gasteiger partial charge in [-0.1, -0.05) is 30.3 Å². The molecule has 4 amide bonds. The number of carbonyl (C=O) groups excluding carboxylic acids is 3. The second-order valence-electron chi connectivity index (χ2n) is 8.09. The monoisotopic (exact) mass is 420 g/mol. The number of rotatable bonds is 5. The lowest BCUT2D eigenvalue weighted by Gasteiger charge is -2.31. The number of benzene rings is 2. The minimum atomic E-state index is -0.110. The van der Waals surface area contributed by atoms with E-state index in [2.05, 4.69) is 10.6 Å². The third-order valence-electron chi connectivity index (χ3n) is 5.96. The molecule has 7 nitrogen and oxygen atoms in total. The molecule has 4 rings (SSSR count). The molecule has 162 valence electrons. The van der Waals surface area contributed by atoms with E-state index < -0.39 is 0 Å². The molecule has 2 aromatic rings. The Morgan fingerprint density at radius 3 is 2.29 bits per heavy atom. The van der Waals surface area contributed by atoms with Crippen molar-refractivity contribution >= 4 is 29.2 Å². The number of para-hydroxylation sites is 1. The van der Waals surface area contributed by atoms with Gasteiger partial charge in [0, 0.05) is 49.9 Å². The third-order valence-corrected chi connectivity index (χ3v) is 5.96. The number of urea groups is 1. The van der Waals surface area contributed by atoms with E-state index in [1.54, 1.807) is 9.80 Å². The van der Waals surface area contributed by atoms with Gasteiger partial charge in [0.25, 0.3) is 0 Å². The van der Waals surface area contributed by atoms with Gasteiger partial charge in [0.15, 0.2) is 0 Å². The SMILES string of the molecule is O=C(Nc1ccccc1)C1CCN(C(=O)NCc2ccc(N3CCCC3=O)cc2)CC1. The minimum Gasteiger partial charge on any atom is -0.334 e. The number of likely N-dealkylation sites (tertiary alicyclic amines) is 1. The van der Waals surface area contributed by atoms with Crippen molar-refractivity contribution in [2.45, 2.75) is 32.2 Å². The first-order valence-electron chi connectivity index (χ1n) is 10.9. The number of piperidine rings is 1. The molecule has 2 aliphatic heterocycles. The van der Waals surface area contributed by atoms with Gasteiger partial charge in [-0.3, -0.25) is 9.59 Å². The van der Waals surface area contributed by atoms with Crippen LogP contribution < -0.4 is 15.5 Å². The number of hydrogen-bond acceptors (Lipinski definition) is 3. The second kappa shape index (κ2) is 9.64. The van der Waals surface area contributed by atoms with Crippen molar-refractivity contribution in [1.29, 1.82) is 0 Å². The maximum atomic E-state index is 12.5. The van der Waals surface area contributed by atoms with E-state index in [9.17, 15) is 14.4 Å². The summed E-state index contributed by atoms with van der Waals surface area (Å²) in [4.78, 5) is 40.4. The molecule has 2 N–H and O–H groups in total. The van der Waals surface area contributed by atoms with E-state index in [4.69, 9.17) is 0 Å². The Labute approximate surface area is 182 Å². The lowest BCUT2D eigenvalue weighted by molar-refractivity contribution is -0.121. The molecule has 0 unspecified atom stereocenters. The topological polar surface area (TPSA) is 81.8 Å². The molecule has 2 aliphatic rings. The fourth-order valence-corrected chi connectivity index (χ4v) is 4.11. The largest absolute Gasteiger partial charge is 0.334 e. The van der Waals surface area contributed by atoms with Crippen molar-refractivity contribution in [3.05, 3.63) is 60.2 Å². The van der Waals surface area contributed by atoms with Crippen molar-refractivity contribution in [1.82, 2.24) is 10.2 Å². The van der Waals surface area contributed by atoms with E-state index in [-0.39, 0.29) is 23.8 Å². The fraction of sp³-hybridized carbons (Fsp3) is 0.375. The number of hydrogen-bond donors (Lipinski definition) is 2. The van der Waals surface area contributed by atoms with Crippen LogP contribution in [0.1, 0.15) is 31.2 Å². The Bertz CT molecular complexity index is 922.